The van der Waals surface area contributed by atoms with Gasteiger partial charge in [0.2, 0.25) is 11.3 Å². The minimum atomic E-state index is -1.99. The molecule has 6 heteroatoms. The first-order valence-electron chi connectivity index (χ1n) is 9.90. The standard InChI is InChI=1S/C20H33N3O2S/c1-20(2)13-11-16(12-14-20)15-3-5-17(6-4-15)21-18-7-9-19(10-8-18)22-23-26(24)25/h3-6,16,18-19,21-23H,7-14H2,1-2H3,(H,24,25). The molecule has 1 aromatic carbocycles. The summed E-state index contributed by atoms with van der Waals surface area (Å²) in [7, 11) is 0. The highest BCUT2D eigenvalue weighted by molar-refractivity contribution is 7.77. The molecule has 0 amide bonds. The molecule has 26 heavy (non-hydrogen) atoms. The van der Waals surface area contributed by atoms with Crippen molar-refractivity contribution in [3.8, 4) is 0 Å². The van der Waals surface area contributed by atoms with Crippen LogP contribution < -0.4 is 15.6 Å². The van der Waals surface area contributed by atoms with Gasteiger partial charge in [0.05, 0.1) is 0 Å². The molecule has 2 aliphatic rings. The third-order valence-corrected chi connectivity index (χ3v) is 6.46. The molecular formula is C20H33N3O2S. The van der Waals surface area contributed by atoms with Crippen LogP contribution in [0.1, 0.15) is 76.7 Å². The number of rotatable bonds is 6. The molecule has 0 bridgehead atoms. The van der Waals surface area contributed by atoms with Crippen LogP contribution >= 0.6 is 0 Å². The first-order valence-corrected chi connectivity index (χ1v) is 11.0. The van der Waals surface area contributed by atoms with E-state index in [1.807, 2.05) is 0 Å². The fourth-order valence-electron chi connectivity index (χ4n) is 4.34. The first-order chi connectivity index (χ1) is 12.4. The fraction of sp³-hybridized carbons (Fsp3) is 0.700. The van der Waals surface area contributed by atoms with Gasteiger partial charge < -0.3 is 5.32 Å². The topological polar surface area (TPSA) is 73.4 Å². The fourth-order valence-corrected chi connectivity index (χ4v) is 4.60. The molecule has 2 fully saturated rings. The molecule has 0 heterocycles. The second-order valence-corrected chi connectivity index (χ2v) is 9.45. The molecule has 0 aliphatic heterocycles. The third kappa shape index (κ3) is 5.78. The van der Waals surface area contributed by atoms with E-state index in [1.165, 1.54) is 36.9 Å². The van der Waals surface area contributed by atoms with E-state index in [0.717, 1.165) is 31.6 Å². The second kappa shape index (κ2) is 8.83. The summed E-state index contributed by atoms with van der Waals surface area (Å²) in [4.78, 5) is 2.38. The van der Waals surface area contributed by atoms with Crippen LogP contribution in [0.4, 0.5) is 5.69 Å². The summed E-state index contributed by atoms with van der Waals surface area (Å²) in [5.74, 6) is 0.725. The SMILES string of the molecule is CC1(C)CCC(c2ccc(NC3CCC(NNS(=O)O)CC3)cc2)CC1. The van der Waals surface area contributed by atoms with E-state index in [9.17, 15) is 4.21 Å². The molecule has 1 atom stereocenters. The van der Waals surface area contributed by atoms with Gasteiger partial charge in [0.1, 0.15) is 0 Å². The van der Waals surface area contributed by atoms with Crippen molar-refractivity contribution < 1.29 is 8.76 Å². The zero-order valence-electron chi connectivity index (χ0n) is 16.0. The predicted molar refractivity (Wildman–Crippen MR) is 108 cm³/mol. The summed E-state index contributed by atoms with van der Waals surface area (Å²) in [5.41, 5.74) is 6.14. The number of hydrogen-bond donors (Lipinski definition) is 4. The second-order valence-electron chi connectivity index (χ2n) is 8.75. The summed E-state index contributed by atoms with van der Waals surface area (Å²) >= 11 is -1.99. The molecule has 2 aliphatic carbocycles. The van der Waals surface area contributed by atoms with Gasteiger partial charge in [0.25, 0.3) is 0 Å². The maximum absolute atomic E-state index is 10.6. The van der Waals surface area contributed by atoms with Crippen molar-refractivity contribution in [3.05, 3.63) is 29.8 Å². The maximum Gasteiger partial charge on any atom is 0.245 e. The average Bonchev–Trinajstić information content (AvgIpc) is 2.62. The molecule has 0 aromatic heterocycles. The summed E-state index contributed by atoms with van der Waals surface area (Å²) in [5, 5.41) is 3.65. The van der Waals surface area contributed by atoms with E-state index >= 15 is 0 Å². The van der Waals surface area contributed by atoms with Gasteiger partial charge >= 0.3 is 0 Å². The Morgan fingerprint density at radius 3 is 2.12 bits per heavy atom. The van der Waals surface area contributed by atoms with Gasteiger partial charge in [-0.05, 0) is 80.4 Å². The summed E-state index contributed by atoms with van der Waals surface area (Å²) in [6, 6.07) is 9.82. The Morgan fingerprint density at radius 2 is 1.54 bits per heavy atom. The molecule has 1 aromatic rings. The van der Waals surface area contributed by atoms with E-state index in [2.05, 4.69) is 53.7 Å². The van der Waals surface area contributed by atoms with Crippen molar-refractivity contribution in [2.24, 2.45) is 5.41 Å². The van der Waals surface area contributed by atoms with Crippen molar-refractivity contribution in [2.75, 3.05) is 5.32 Å². The van der Waals surface area contributed by atoms with Gasteiger partial charge in [-0.15, -0.1) is 0 Å². The zero-order valence-corrected chi connectivity index (χ0v) is 16.8. The number of hydrazine groups is 1. The molecule has 5 nitrogen and oxygen atoms in total. The molecule has 3 rings (SSSR count). The lowest BCUT2D eigenvalue weighted by molar-refractivity contribution is 0.224. The summed E-state index contributed by atoms with van der Waals surface area (Å²) in [6.45, 7) is 4.78. The van der Waals surface area contributed by atoms with E-state index in [-0.39, 0.29) is 6.04 Å². The first kappa shape index (κ1) is 19.8. The number of anilines is 1. The number of nitrogens with one attached hydrogen (secondary N) is 3. The van der Waals surface area contributed by atoms with E-state index in [0.29, 0.717) is 11.5 Å². The molecule has 146 valence electrons. The Bertz CT molecular complexity index is 588. The molecule has 0 spiro atoms. The zero-order chi connectivity index (χ0) is 18.6. The molecule has 0 radical (unpaired) electrons. The molecule has 0 saturated heterocycles. The van der Waals surface area contributed by atoms with Crippen LogP contribution in [0.15, 0.2) is 24.3 Å². The van der Waals surface area contributed by atoms with Crippen molar-refractivity contribution in [1.82, 2.24) is 10.3 Å². The molecule has 1 unspecified atom stereocenters. The molecule has 4 N–H and O–H groups in total. The van der Waals surface area contributed by atoms with Crippen LogP contribution in [0.25, 0.3) is 0 Å². The lowest BCUT2D eigenvalue weighted by Gasteiger charge is -2.34. The Hall–Kier alpha value is -0.950. The Morgan fingerprint density at radius 1 is 0.962 bits per heavy atom. The van der Waals surface area contributed by atoms with Gasteiger partial charge in [-0.3, -0.25) is 4.55 Å². The Balaban J connectivity index is 1.44. The lowest BCUT2D eigenvalue weighted by Crippen LogP contribution is -2.44. The van der Waals surface area contributed by atoms with Gasteiger partial charge in [-0.1, -0.05) is 26.0 Å². The Labute approximate surface area is 160 Å². The minimum Gasteiger partial charge on any atom is -0.382 e. The van der Waals surface area contributed by atoms with Crippen LogP contribution in [0, 0.1) is 5.41 Å². The quantitative estimate of drug-likeness (QED) is 0.439. The van der Waals surface area contributed by atoms with E-state index in [1.54, 1.807) is 0 Å². The van der Waals surface area contributed by atoms with Crippen molar-refractivity contribution >= 4 is 17.0 Å². The van der Waals surface area contributed by atoms with Crippen LogP contribution in [0.3, 0.4) is 0 Å². The third-order valence-electron chi connectivity index (χ3n) is 6.17. The van der Waals surface area contributed by atoms with Gasteiger partial charge in [0, 0.05) is 17.8 Å². The highest BCUT2D eigenvalue weighted by atomic mass is 32.2. The predicted octanol–water partition coefficient (Wildman–Crippen LogP) is 4.32. The monoisotopic (exact) mass is 379 g/mol. The van der Waals surface area contributed by atoms with Crippen molar-refractivity contribution in [1.29, 1.82) is 0 Å². The largest absolute Gasteiger partial charge is 0.382 e. The summed E-state index contributed by atoms with van der Waals surface area (Å²) < 4.78 is 19.4. The number of benzene rings is 1. The maximum atomic E-state index is 10.6. The summed E-state index contributed by atoms with van der Waals surface area (Å²) in [6.07, 6.45) is 9.40. The minimum absolute atomic E-state index is 0.266. The molecular weight excluding hydrogens is 346 g/mol. The average molecular weight is 380 g/mol. The lowest BCUT2D eigenvalue weighted by atomic mass is 9.71. The molecule has 2 saturated carbocycles. The van der Waals surface area contributed by atoms with Crippen LogP contribution in [0.5, 0.6) is 0 Å². The van der Waals surface area contributed by atoms with Crippen LogP contribution in [0.2, 0.25) is 0 Å². The van der Waals surface area contributed by atoms with Gasteiger partial charge in [0.15, 0.2) is 0 Å². The van der Waals surface area contributed by atoms with Crippen LogP contribution in [-0.4, -0.2) is 20.8 Å². The van der Waals surface area contributed by atoms with Crippen molar-refractivity contribution in [2.45, 2.75) is 83.2 Å². The van der Waals surface area contributed by atoms with E-state index < -0.39 is 11.3 Å². The smallest absolute Gasteiger partial charge is 0.245 e. The van der Waals surface area contributed by atoms with Gasteiger partial charge in [-0.2, -0.15) is 4.83 Å². The highest BCUT2D eigenvalue weighted by Gasteiger charge is 2.27. The highest BCUT2D eigenvalue weighted by Crippen LogP contribution is 2.42. The normalized spacial score (nSPS) is 27.8. The van der Waals surface area contributed by atoms with Crippen LogP contribution in [-0.2, 0) is 11.3 Å². The van der Waals surface area contributed by atoms with E-state index in [4.69, 9.17) is 4.55 Å². The Kier molecular flexibility index (Phi) is 6.72. The van der Waals surface area contributed by atoms with Gasteiger partial charge in [-0.25, -0.2) is 9.63 Å². The van der Waals surface area contributed by atoms with Crippen molar-refractivity contribution in [3.63, 3.8) is 0 Å². The number of hydrogen-bond acceptors (Lipinski definition) is 3.